The molecule has 2 amide bonds. The molecule has 0 saturated carbocycles. The third kappa shape index (κ3) is 5.41. The van der Waals surface area contributed by atoms with Gasteiger partial charge in [0.15, 0.2) is 6.29 Å². The first-order valence-electron chi connectivity index (χ1n) is 12.2. The minimum atomic E-state index is -0.570. The molecule has 4 aromatic rings. The molecule has 2 heterocycles. The molecular weight excluding hydrogens is 456 g/mol. The number of aliphatic hydroxyl groups is 1. The first-order valence-corrected chi connectivity index (χ1v) is 12.2. The van der Waals surface area contributed by atoms with Gasteiger partial charge in [-0.15, -0.1) is 0 Å². The Kier molecular flexibility index (Phi) is 7.27. The zero-order valence-electron chi connectivity index (χ0n) is 20.1. The van der Waals surface area contributed by atoms with Gasteiger partial charge in [0.05, 0.1) is 42.7 Å². The maximum Gasteiger partial charge on any atom is 0.319 e. The van der Waals surface area contributed by atoms with Crippen LogP contribution >= 0.6 is 0 Å². The van der Waals surface area contributed by atoms with Gasteiger partial charge in [0, 0.05) is 24.2 Å². The number of amides is 2. The number of hydrogen-bond acceptors (Lipinski definition) is 5. The summed E-state index contributed by atoms with van der Waals surface area (Å²) >= 11 is 0. The SMILES string of the molecule is CCNC(=O)Nc1ccc(C2OC(Cn3cnc4ccccc43)CC(c3ccc(CO)cc3)O2)cc1. The monoisotopic (exact) mass is 486 g/mol. The van der Waals surface area contributed by atoms with Gasteiger partial charge in [0.1, 0.15) is 0 Å². The van der Waals surface area contributed by atoms with Crippen molar-refractivity contribution in [3.63, 3.8) is 0 Å². The van der Waals surface area contributed by atoms with E-state index in [9.17, 15) is 9.90 Å². The molecule has 3 unspecified atom stereocenters. The van der Waals surface area contributed by atoms with Crippen LogP contribution in [0.15, 0.2) is 79.1 Å². The van der Waals surface area contributed by atoms with Crippen molar-refractivity contribution in [2.75, 3.05) is 11.9 Å². The number of anilines is 1. The van der Waals surface area contributed by atoms with Gasteiger partial charge >= 0.3 is 6.03 Å². The number of ether oxygens (including phenoxy) is 2. The quantitative estimate of drug-likeness (QED) is 0.345. The van der Waals surface area contributed by atoms with Gasteiger partial charge in [-0.25, -0.2) is 9.78 Å². The van der Waals surface area contributed by atoms with Crippen LogP contribution in [0.2, 0.25) is 0 Å². The van der Waals surface area contributed by atoms with Crippen LogP contribution in [0.5, 0.6) is 0 Å². The molecule has 1 fully saturated rings. The fourth-order valence-corrected chi connectivity index (χ4v) is 4.47. The predicted molar refractivity (Wildman–Crippen MR) is 137 cm³/mol. The lowest BCUT2D eigenvalue weighted by molar-refractivity contribution is -0.252. The molecule has 8 nitrogen and oxygen atoms in total. The first-order chi connectivity index (χ1) is 17.6. The van der Waals surface area contributed by atoms with E-state index in [0.717, 1.165) is 27.7 Å². The summed E-state index contributed by atoms with van der Waals surface area (Å²) in [5.74, 6) is 0. The molecule has 8 heteroatoms. The van der Waals surface area contributed by atoms with E-state index in [2.05, 4.69) is 26.3 Å². The zero-order chi connectivity index (χ0) is 24.9. The third-order valence-corrected chi connectivity index (χ3v) is 6.32. The summed E-state index contributed by atoms with van der Waals surface area (Å²) < 4.78 is 15.0. The van der Waals surface area contributed by atoms with Crippen LogP contribution in [0.4, 0.5) is 10.5 Å². The molecule has 0 aliphatic carbocycles. The molecule has 1 aliphatic heterocycles. The Morgan fingerprint density at radius 2 is 1.78 bits per heavy atom. The molecule has 0 bridgehead atoms. The minimum absolute atomic E-state index is 0.00450. The van der Waals surface area contributed by atoms with Gasteiger partial charge in [-0.05, 0) is 42.3 Å². The van der Waals surface area contributed by atoms with Gasteiger partial charge in [0.2, 0.25) is 0 Å². The van der Waals surface area contributed by atoms with Crippen molar-refractivity contribution < 1.29 is 19.4 Å². The summed E-state index contributed by atoms with van der Waals surface area (Å²) in [5, 5.41) is 15.0. The molecular formula is C28H30N4O4. The first kappa shape index (κ1) is 24.0. The third-order valence-electron chi connectivity index (χ3n) is 6.32. The summed E-state index contributed by atoms with van der Waals surface area (Å²) in [6.07, 6.45) is 1.67. The summed E-state index contributed by atoms with van der Waals surface area (Å²) in [5.41, 5.74) is 5.47. The number of carbonyl (C=O) groups is 1. The Morgan fingerprint density at radius 1 is 1.03 bits per heavy atom. The number of para-hydroxylation sites is 2. The van der Waals surface area contributed by atoms with Gasteiger partial charge in [0.25, 0.3) is 0 Å². The Labute approximate surface area is 209 Å². The normalized spacial score (nSPS) is 19.8. The second-order valence-corrected chi connectivity index (χ2v) is 8.84. The lowest BCUT2D eigenvalue weighted by atomic mass is 10.00. The average Bonchev–Trinajstić information content (AvgIpc) is 3.32. The Balaban J connectivity index is 1.38. The molecule has 5 rings (SSSR count). The maximum atomic E-state index is 11.8. The van der Waals surface area contributed by atoms with Crippen molar-refractivity contribution in [3.8, 4) is 0 Å². The van der Waals surface area contributed by atoms with Crippen LogP contribution in [0, 0.1) is 0 Å². The van der Waals surface area contributed by atoms with Gasteiger partial charge in [-0.3, -0.25) is 0 Å². The second-order valence-electron chi connectivity index (χ2n) is 8.84. The second kappa shape index (κ2) is 10.9. The number of benzene rings is 3. The van der Waals surface area contributed by atoms with Crippen LogP contribution in [0.25, 0.3) is 11.0 Å². The number of nitrogens with one attached hydrogen (secondary N) is 2. The van der Waals surface area contributed by atoms with E-state index in [4.69, 9.17) is 9.47 Å². The highest BCUT2D eigenvalue weighted by atomic mass is 16.7. The maximum absolute atomic E-state index is 11.8. The van der Waals surface area contributed by atoms with Crippen molar-refractivity contribution in [3.05, 3.63) is 95.8 Å². The van der Waals surface area contributed by atoms with Gasteiger partial charge < -0.3 is 29.8 Å². The summed E-state index contributed by atoms with van der Waals surface area (Å²) in [4.78, 5) is 16.4. The van der Waals surface area contributed by atoms with E-state index >= 15 is 0 Å². The number of urea groups is 1. The summed E-state index contributed by atoms with van der Waals surface area (Å²) in [7, 11) is 0. The molecule has 0 spiro atoms. The molecule has 3 aromatic carbocycles. The lowest BCUT2D eigenvalue weighted by Crippen LogP contribution is -2.32. The average molecular weight is 487 g/mol. The van der Waals surface area contributed by atoms with E-state index in [1.165, 1.54) is 0 Å². The highest BCUT2D eigenvalue weighted by Gasteiger charge is 2.32. The van der Waals surface area contributed by atoms with Crippen LogP contribution in [0.3, 0.4) is 0 Å². The lowest BCUT2D eigenvalue weighted by Gasteiger charge is -2.36. The van der Waals surface area contributed by atoms with Gasteiger partial charge in [-0.1, -0.05) is 48.5 Å². The van der Waals surface area contributed by atoms with Crippen molar-refractivity contribution in [1.29, 1.82) is 0 Å². The highest BCUT2D eigenvalue weighted by Crippen LogP contribution is 2.38. The number of imidazole rings is 1. The number of aliphatic hydroxyl groups excluding tert-OH is 1. The van der Waals surface area contributed by atoms with Crippen molar-refractivity contribution in [2.45, 2.75) is 45.0 Å². The zero-order valence-corrected chi connectivity index (χ0v) is 20.1. The van der Waals surface area contributed by atoms with E-state index in [0.29, 0.717) is 25.2 Å². The number of nitrogens with zero attached hydrogens (tertiary/aromatic N) is 2. The fraction of sp³-hybridized carbons (Fsp3) is 0.286. The number of hydrogen-bond donors (Lipinski definition) is 3. The van der Waals surface area contributed by atoms with E-state index in [1.54, 1.807) is 0 Å². The number of fused-ring (bicyclic) bond motifs is 1. The predicted octanol–water partition coefficient (Wildman–Crippen LogP) is 4.92. The molecule has 186 valence electrons. The van der Waals surface area contributed by atoms with Crippen LogP contribution in [-0.2, 0) is 22.6 Å². The van der Waals surface area contributed by atoms with Gasteiger partial charge in [-0.2, -0.15) is 0 Å². The Hall–Kier alpha value is -3.72. The molecule has 1 aromatic heterocycles. The highest BCUT2D eigenvalue weighted by molar-refractivity contribution is 5.89. The minimum Gasteiger partial charge on any atom is -0.392 e. The molecule has 3 atom stereocenters. The largest absolute Gasteiger partial charge is 0.392 e. The fourth-order valence-electron chi connectivity index (χ4n) is 4.47. The molecule has 3 N–H and O–H groups in total. The van der Waals surface area contributed by atoms with Crippen molar-refractivity contribution in [1.82, 2.24) is 14.9 Å². The molecule has 0 radical (unpaired) electrons. The summed E-state index contributed by atoms with van der Waals surface area (Å²) in [6, 6.07) is 23.2. The van der Waals surface area contributed by atoms with Crippen molar-refractivity contribution in [2.24, 2.45) is 0 Å². The topological polar surface area (TPSA) is 97.6 Å². The molecule has 1 saturated heterocycles. The smallest absolute Gasteiger partial charge is 0.319 e. The number of carbonyl (C=O) groups excluding carboxylic acids is 1. The number of rotatable bonds is 7. The Bertz CT molecular complexity index is 1300. The Morgan fingerprint density at radius 3 is 2.53 bits per heavy atom. The molecule has 1 aliphatic rings. The standard InChI is InChI=1S/C28H30N4O4/c1-2-29-28(34)31-22-13-11-21(12-14-22)27-35-23(16-32-18-30-24-5-3-4-6-25(24)32)15-26(36-27)20-9-7-19(17-33)8-10-20/h3-14,18,23,26-27,33H,2,15-17H2,1H3,(H2,29,31,34). The van der Waals surface area contributed by atoms with Crippen LogP contribution in [0.1, 0.15) is 42.4 Å². The number of aromatic nitrogens is 2. The van der Waals surface area contributed by atoms with E-state index < -0.39 is 6.29 Å². The van der Waals surface area contributed by atoms with E-state index in [-0.39, 0.29) is 24.8 Å². The van der Waals surface area contributed by atoms with Crippen LogP contribution in [-0.4, -0.2) is 33.3 Å². The van der Waals surface area contributed by atoms with Crippen molar-refractivity contribution >= 4 is 22.8 Å². The van der Waals surface area contributed by atoms with Crippen LogP contribution < -0.4 is 10.6 Å². The summed E-state index contributed by atoms with van der Waals surface area (Å²) in [6.45, 7) is 3.08. The van der Waals surface area contributed by atoms with E-state index in [1.807, 2.05) is 80.0 Å². The molecule has 36 heavy (non-hydrogen) atoms.